The van der Waals surface area contributed by atoms with E-state index in [2.05, 4.69) is 216 Å². The van der Waals surface area contributed by atoms with Crippen LogP contribution in [0.1, 0.15) is 0 Å². The van der Waals surface area contributed by atoms with Gasteiger partial charge in [-0.25, -0.2) is 0 Å². The number of hydrogen-bond acceptors (Lipinski definition) is 2. The minimum atomic E-state index is 1.11. The predicted molar refractivity (Wildman–Crippen MR) is 237 cm³/mol. The van der Waals surface area contributed by atoms with Crippen LogP contribution >= 0.6 is 11.3 Å². The molecule has 0 N–H and O–H groups in total. The van der Waals surface area contributed by atoms with Crippen molar-refractivity contribution >= 4 is 81.1 Å². The minimum absolute atomic E-state index is 1.11. The first-order valence-electron chi connectivity index (χ1n) is 18.8. The molecule has 0 spiro atoms. The van der Waals surface area contributed by atoms with Crippen molar-refractivity contribution in [1.29, 1.82) is 0 Å². The molecular weight excluding hydrogens is 685 g/mol. The molecule has 0 atom stereocenters. The topological polar surface area (TPSA) is 8.17 Å². The Bertz CT molecular complexity index is 3150. The zero-order chi connectivity index (χ0) is 36.3. The first kappa shape index (κ1) is 31.6. The Kier molecular flexibility index (Phi) is 7.39. The highest BCUT2D eigenvalue weighted by Crippen LogP contribution is 2.42. The molecule has 2 heterocycles. The van der Waals surface area contributed by atoms with E-state index in [0.29, 0.717) is 0 Å². The van der Waals surface area contributed by atoms with Gasteiger partial charge in [0.2, 0.25) is 0 Å². The molecule has 3 heteroatoms. The zero-order valence-electron chi connectivity index (χ0n) is 29.9. The van der Waals surface area contributed by atoms with Crippen LogP contribution < -0.4 is 4.90 Å². The summed E-state index contributed by atoms with van der Waals surface area (Å²) in [4.78, 5) is 2.39. The minimum Gasteiger partial charge on any atom is -0.310 e. The lowest BCUT2D eigenvalue weighted by molar-refractivity contribution is 1.18. The fraction of sp³-hybridized carbons (Fsp3) is 0. The van der Waals surface area contributed by atoms with Gasteiger partial charge >= 0.3 is 0 Å². The number of nitrogens with zero attached hydrogens (tertiary/aromatic N) is 2. The molecule has 0 aliphatic heterocycles. The van der Waals surface area contributed by atoms with E-state index < -0.39 is 0 Å². The maximum atomic E-state index is 2.41. The van der Waals surface area contributed by atoms with Gasteiger partial charge in [0.25, 0.3) is 0 Å². The monoisotopic (exact) mass is 718 g/mol. The van der Waals surface area contributed by atoms with E-state index in [1.165, 1.54) is 80.7 Å². The number of hydrogen-bond donors (Lipinski definition) is 0. The van der Waals surface area contributed by atoms with Gasteiger partial charge < -0.3 is 9.47 Å². The highest BCUT2D eigenvalue weighted by molar-refractivity contribution is 7.25. The molecule has 55 heavy (non-hydrogen) atoms. The summed E-state index contributed by atoms with van der Waals surface area (Å²) >= 11 is 1.86. The van der Waals surface area contributed by atoms with E-state index in [9.17, 15) is 0 Å². The number of thiophene rings is 1. The van der Waals surface area contributed by atoms with Crippen LogP contribution in [0, 0.1) is 0 Å². The summed E-state index contributed by atoms with van der Waals surface area (Å²) in [6.07, 6.45) is 0. The predicted octanol–water partition coefficient (Wildman–Crippen LogP) is 15.1. The third-order valence-corrected chi connectivity index (χ3v) is 12.1. The molecule has 0 fully saturated rings. The summed E-state index contributed by atoms with van der Waals surface area (Å²) in [5.41, 5.74) is 11.8. The molecule has 0 saturated heterocycles. The largest absolute Gasteiger partial charge is 0.310 e. The van der Waals surface area contributed by atoms with Crippen molar-refractivity contribution in [1.82, 2.24) is 4.57 Å². The van der Waals surface area contributed by atoms with E-state index in [-0.39, 0.29) is 0 Å². The van der Waals surface area contributed by atoms with Crippen LogP contribution in [-0.4, -0.2) is 4.57 Å². The molecule has 0 saturated carbocycles. The van der Waals surface area contributed by atoms with Gasteiger partial charge in [0.15, 0.2) is 0 Å². The number of para-hydroxylation sites is 3. The Morgan fingerprint density at radius 2 is 0.909 bits per heavy atom. The Labute approximate surface area is 323 Å². The van der Waals surface area contributed by atoms with Crippen molar-refractivity contribution in [3.63, 3.8) is 0 Å². The van der Waals surface area contributed by atoms with Gasteiger partial charge in [-0.05, 0) is 82.7 Å². The molecule has 9 aromatic carbocycles. The smallest absolute Gasteiger partial charge is 0.0541 e. The number of anilines is 3. The van der Waals surface area contributed by atoms with Crippen molar-refractivity contribution < 1.29 is 0 Å². The van der Waals surface area contributed by atoms with E-state index in [1.807, 2.05) is 11.3 Å². The summed E-state index contributed by atoms with van der Waals surface area (Å²) in [5, 5.41) is 7.61. The van der Waals surface area contributed by atoms with Crippen molar-refractivity contribution in [2.24, 2.45) is 0 Å². The van der Waals surface area contributed by atoms with E-state index in [1.54, 1.807) is 0 Å². The highest BCUT2D eigenvalue weighted by atomic mass is 32.1. The fourth-order valence-corrected chi connectivity index (χ4v) is 9.57. The molecule has 0 radical (unpaired) electrons. The highest BCUT2D eigenvalue weighted by Gasteiger charge is 2.18. The van der Waals surface area contributed by atoms with Crippen LogP contribution in [0.2, 0.25) is 0 Å². The second-order valence-electron chi connectivity index (χ2n) is 14.1. The van der Waals surface area contributed by atoms with Gasteiger partial charge in [-0.3, -0.25) is 0 Å². The third kappa shape index (κ3) is 5.24. The van der Waals surface area contributed by atoms with Crippen LogP contribution in [0.4, 0.5) is 17.1 Å². The Hall–Kier alpha value is -6.94. The van der Waals surface area contributed by atoms with Gasteiger partial charge in [0.05, 0.1) is 22.4 Å². The molecule has 0 bridgehead atoms. The molecule has 0 amide bonds. The first-order valence-corrected chi connectivity index (χ1v) is 19.6. The Morgan fingerprint density at radius 1 is 0.364 bits per heavy atom. The van der Waals surface area contributed by atoms with Crippen molar-refractivity contribution in [2.75, 3.05) is 4.90 Å². The standard InChI is InChI=1S/C52H34N2S/c1-2-14-41-36(12-1)13-11-22-47(41)53(39-29-24-35(25-30-39)38-28-33-46-45-18-6-10-23-51(45)55-52(46)34-38)40-31-26-37(27-32-40)42-15-3-7-19-48(42)54-49-20-8-4-16-43(49)44-17-5-9-21-50(44)54/h1-34H. The lowest BCUT2D eigenvalue weighted by Crippen LogP contribution is -2.10. The lowest BCUT2D eigenvalue weighted by Gasteiger charge is -2.27. The van der Waals surface area contributed by atoms with Crippen molar-refractivity contribution in [3.05, 3.63) is 206 Å². The number of benzene rings is 9. The molecule has 2 aromatic heterocycles. The van der Waals surface area contributed by atoms with Crippen LogP contribution in [0.3, 0.4) is 0 Å². The number of fused-ring (bicyclic) bond motifs is 7. The molecule has 0 unspecified atom stereocenters. The van der Waals surface area contributed by atoms with Gasteiger partial charge in [-0.15, -0.1) is 11.3 Å². The number of rotatable bonds is 6. The third-order valence-electron chi connectivity index (χ3n) is 11.0. The van der Waals surface area contributed by atoms with E-state index in [4.69, 9.17) is 0 Å². The van der Waals surface area contributed by atoms with Gasteiger partial charge in [0, 0.05) is 53.3 Å². The molecule has 258 valence electrons. The quantitative estimate of drug-likeness (QED) is 0.166. The van der Waals surface area contributed by atoms with Crippen LogP contribution in [0.25, 0.3) is 80.7 Å². The van der Waals surface area contributed by atoms with Crippen molar-refractivity contribution in [3.8, 4) is 27.9 Å². The Morgan fingerprint density at radius 3 is 1.65 bits per heavy atom. The second-order valence-corrected chi connectivity index (χ2v) is 15.2. The van der Waals surface area contributed by atoms with Crippen molar-refractivity contribution in [2.45, 2.75) is 0 Å². The summed E-state index contributed by atoms with van der Waals surface area (Å²) in [6, 6.07) is 75.1. The zero-order valence-corrected chi connectivity index (χ0v) is 30.7. The van der Waals surface area contributed by atoms with Crippen LogP contribution in [0.5, 0.6) is 0 Å². The summed E-state index contributed by atoms with van der Waals surface area (Å²) in [7, 11) is 0. The lowest BCUT2D eigenvalue weighted by atomic mass is 10.0. The fourth-order valence-electron chi connectivity index (χ4n) is 8.42. The van der Waals surface area contributed by atoms with E-state index >= 15 is 0 Å². The van der Waals surface area contributed by atoms with Gasteiger partial charge in [0.1, 0.15) is 0 Å². The maximum Gasteiger partial charge on any atom is 0.0541 e. The molecule has 0 aliphatic rings. The number of aromatic nitrogens is 1. The van der Waals surface area contributed by atoms with Crippen LogP contribution in [-0.2, 0) is 0 Å². The molecular formula is C52H34N2S. The normalized spacial score (nSPS) is 11.6. The molecule has 11 aromatic rings. The summed E-state index contributed by atoms with van der Waals surface area (Å²) in [5.74, 6) is 0. The van der Waals surface area contributed by atoms with Gasteiger partial charge in [-0.2, -0.15) is 0 Å². The summed E-state index contributed by atoms with van der Waals surface area (Å²) in [6.45, 7) is 0. The van der Waals surface area contributed by atoms with Crippen LogP contribution in [0.15, 0.2) is 206 Å². The Balaban J connectivity index is 1.01. The maximum absolute atomic E-state index is 2.41. The molecule has 2 nitrogen and oxygen atoms in total. The molecule has 0 aliphatic carbocycles. The average molecular weight is 719 g/mol. The van der Waals surface area contributed by atoms with E-state index in [0.717, 1.165) is 17.1 Å². The average Bonchev–Trinajstić information content (AvgIpc) is 3.80. The summed E-state index contributed by atoms with van der Waals surface area (Å²) < 4.78 is 5.06. The SMILES string of the molecule is c1ccc(-n2c3ccccc3c3ccccc32)c(-c2ccc(N(c3ccc(-c4ccc5c(c4)sc4ccccc45)cc3)c3cccc4ccccc34)cc2)c1. The molecule has 11 rings (SSSR count). The second kappa shape index (κ2) is 12.9. The van der Waals surface area contributed by atoms with Gasteiger partial charge in [-0.1, -0.05) is 146 Å². The first-order chi connectivity index (χ1) is 27.3.